The van der Waals surface area contributed by atoms with E-state index in [9.17, 15) is 4.79 Å². The largest absolute Gasteiger partial charge is 0.399 e. The molecule has 0 aliphatic carbocycles. The number of hydrogen-bond donors (Lipinski definition) is 1. The first kappa shape index (κ1) is 21.3. The van der Waals surface area contributed by atoms with Gasteiger partial charge in [-0.15, -0.1) is 12.4 Å². The average Bonchev–Trinajstić information content (AvgIpc) is 2.68. The van der Waals surface area contributed by atoms with E-state index in [2.05, 4.69) is 24.0 Å². The van der Waals surface area contributed by atoms with Crippen LogP contribution in [0.4, 0.5) is 5.69 Å². The van der Waals surface area contributed by atoms with Crippen molar-refractivity contribution in [3.05, 3.63) is 65.7 Å². The summed E-state index contributed by atoms with van der Waals surface area (Å²) in [6.45, 7) is 5.88. The van der Waals surface area contributed by atoms with Gasteiger partial charge in [0.15, 0.2) is 0 Å². The Labute approximate surface area is 168 Å². The number of benzene rings is 2. The second-order valence-electron chi connectivity index (χ2n) is 7.10. The first-order valence-corrected chi connectivity index (χ1v) is 9.60. The number of nitrogens with two attached hydrogens (primary N) is 1. The first-order valence-electron chi connectivity index (χ1n) is 9.60. The molecule has 1 saturated heterocycles. The molecule has 2 aromatic rings. The van der Waals surface area contributed by atoms with Gasteiger partial charge >= 0.3 is 0 Å². The van der Waals surface area contributed by atoms with Crippen LogP contribution < -0.4 is 5.73 Å². The minimum absolute atomic E-state index is 0. The number of anilines is 1. The molecule has 1 heterocycles. The summed E-state index contributed by atoms with van der Waals surface area (Å²) in [5.74, 6) is 0.155. The maximum absolute atomic E-state index is 12.6. The Morgan fingerprint density at radius 2 is 1.81 bits per heavy atom. The third-order valence-corrected chi connectivity index (χ3v) is 5.14. The molecule has 1 aliphatic heterocycles. The molecule has 0 atom stereocenters. The van der Waals surface area contributed by atoms with Gasteiger partial charge in [0.1, 0.15) is 0 Å². The summed E-state index contributed by atoms with van der Waals surface area (Å²) >= 11 is 0. The second-order valence-corrected chi connectivity index (χ2v) is 7.10. The normalized spacial score (nSPS) is 14.8. The molecule has 0 bridgehead atoms. The zero-order valence-corrected chi connectivity index (χ0v) is 16.8. The lowest BCUT2D eigenvalue weighted by atomic mass is 10.0. The Balaban J connectivity index is 0.00000261. The number of amides is 1. The Kier molecular flexibility index (Phi) is 8.14. The molecule has 0 unspecified atom stereocenters. The number of piperidine rings is 1. The van der Waals surface area contributed by atoms with E-state index in [0.29, 0.717) is 6.04 Å². The van der Waals surface area contributed by atoms with Crippen molar-refractivity contribution < 1.29 is 4.79 Å². The van der Waals surface area contributed by atoms with Crippen molar-refractivity contribution in [2.45, 2.75) is 38.8 Å². The van der Waals surface area contributed by atoms with Crippen molar-refractivity contribution in [3.63, 3.8) is 0 Å². The second kappa shape index (κ2) is 10.3. The molecule has 1 amide bonds. The summed E-state index contributed by atoms with van der Waals surface area (Å²) in [6.07, 6.45) is 3.19. The zero-order chi connectivity index (χ0) is 18.4. The molecule has 5 heteroatoms. The highest BCUT2D eigenvalue weighted by Gasteiger charge is 2.27. The Morgan fingerprint density at radius 3 is 2.44 bits per heavy atom. The summed E-state index contributed by atoms with van der Waals surface area (Å²) in [7, 11) is 0. The van der Waals surface area contributed by atoms with Crippen LogP contribution >= 0.6 is 12.4 Å². The molecular weight excluding hydrogens is 358 g/mol. The number of carbonyl (C=O) groups is 1. The van der Waals surface area contributed by atoms with Crippen molar-refractivity contribution in [2.24, 2.45) is 0 Å². The van der Waals surface area contributed by atoms with E-state index in [4.69, 9.17) is 5.73 Å². The van der Waals surface area contributed by atoms with Crippen LogP contribution in [0.1, 0.15) is 42.1 Å². The quantitative estimate of drug-likeness (QED) is 0.755. The van der Waals surface area contributed by atoms with Gasteiger partial charge in [0.05, 0.1) is 0 Å². The molecule has 1 fully saturated rings. The first-order chi connectivity index (χ1) is 12.7. The van der Waals surface area contributed by atoms with Gasteiger partial charge in [0, 0.05) is 36.9 Å². The van der Waals surface area contributed by atoms with Gasteiger partial charge in [-0.3, -0.25) is 9.69 Å². The number of nitrogen functional groups attached to an aromatic ring is 1. The maximum atomic E-state index is 12.6. The number of halogens is 1. The highest BCUT2D eigenvalue weighted by atomic mass is 35.5. The minimum atomic E-state index is 0. The molecule has 1 aliphatic rings. The number of hydrogen-bond acceptors (Lipinski definition) is 3. The number of rotatable bonds is 6. The van der Waals surface area contributed by atoms with Crippen molar-refractivity contribution in [1.82, 2.24) is 9.80 Å². The van der Waals surface area contributed by atoms with Crippen molar-refractivity contribution >= 4 is 24.0 Å². The van der Waals surface area contributed by atoms with Crippen LogP contribution in [0.2, 0.25) is 0 Å². The number of carbonyl (C=O) groups excluding carboxylic acids is 1. The van der Waals surface area contributed by atoms with E-state index < -0.39 is 0 Å². The third kappa shape index (κ3) is 5.72. The number of likely N-dealkylation sites (tertiary alicyclic amines) is 1. The zero-order valence-electron chi connectivity index (χ0n) is 16.0. The van der Waals surface area contributed by atoms with E-state index in [1.807, 2.05) is 47.4 Å². The lowest BCUT2D eigenvalue weighted by Gasteiger charge is -2.38. The Bertz CT molecular complexity index is 715. The smallest absolute Gasteiger partial charge is 0.253 e. The molecule has 3 rings (SSSR count). The van der Waals surface area contributed by atoms with Crippen LogP contribution in [0, 0.1) is 0 Å². The molecule has 2 N–H and O–H groups in total. The molecule has 0 saturated carbocycles. The maximum Gasteiger partial charge on any atom is 0.253 e. The van der Waals surface area contributed by atoms with E-state index in [-0.39, 0.29) is 18.3 Å². The topological polar surface area (TPSA) is 49.6 Å². The van der Waals surface area contributed by atoms with Crippen LogP contribution in [0.15, 0.2) is 54.6 Å². The summed E-state index contributed by atoms with van der Waals surface area (Å²) in [6, 6.07) is 18.3. The van der Waals surface area contributed by atoms with Gasteiger partial charge in [0.2, 0.25) is 0 Å². The third-order valence-electron chi connectivity index (χ3n) is 5.14. The van der Waals surface area contributed by atoms with E-state index >= 15 is 0 Å². The van der Waals surface area contributed by atoms with Gasteiger partial charge in [0.25, 0.3) is 5.91 Å². The molecule has 146 valence electrons. The lowest BCUT2D eigenvalue weighted by molar-refractivity contribution is 0.0607. The fourth-order valence-electron chi connectivity index (χ4n) is 3.80. The standard InChI is InChI=1S/C22H29N3O.ClH/c1-2-13-25(17-18-7-6-10-20(23)16-18)21-11-14-24(15-12-21)22(26)19-8-4-3-5-9-19;/h3-10,16,21H,2,11-15,17,23H2,1H3;1H. The fraction of sp³-hybridized carbons (Fsp3) is 0.409. The Hall–Kier alpha value is -2.04. The molecule has 2 aromatic carbocycles. The molecule has 0 spiro atoms. The lowest BCUT2D eigenvalue weighted by Crippen LogP contribution is -2.46. The summed E-state index contributed by atoms with van der Waals surface area (Å²) in [4.78, 5) is 17.2. The van der Waals surface area contributed by atoms with Gasteiger partial charge < -0.3 is 10.6 Å². The van der Waals surface area contributed by atoms with Crippen LogP contribution in [0.5, 0.6) is 0 Å². The van der Waals surface area contributed by atoms with Crippen LogP contribution in [-0.4, -0.2) is 41.4 Å². The van der Waals surface area contributed by atoms with E-state index in [1.54, 1.807) is 0 Å². The SMILES string of the molecule is CCCN(Cc1cccc(N)c1)C1CCN(C(=O)c2ccccc2)CC1.Cl. The van der Waals surface area contributed by atoms with Crippen molar-refractivity contribution in [1.29, 1.82) is 0 Å². The molecule has 0 aromatic heterocycles. The monoisotopic (exact) mass is 387 g/mol. The van der Waals surface area contributed by atoms with Gasteiger partial charge in [-0.1, -0.05) is 37.3 Å². The van der Waals surface area contributed by atoms with Crippen LogP contribution in [0.25, 0.3) is 0 Å². The highest BCUT2D eigenvalue weighted by Crippen LogP contribution is 2.21. The molecule has 0 radical (unpaired) electrons. The summed E-state index contributed by atoms with van der Waals surface area (Å²) in [5, 5.41) is 0. The number of nitrogens with zero attached hydrogens (tertiary/aromatic N) is 2. The fourth-order valence-corrected chi connectivity index (χ4v) is 3.80. The van der Waals surface area contributed by atoms with Crippen molar-refractivity contribution in [2.75, 3.05) is 25.4 Å². The summed E-state index contributed by atoms with van der Waals surface area (Å²) in [5.41, 5.74) is 8.81. The van der Waals surface area contributed by atoms with Crippen LogP contribution in [0.3, 0.4) is 0 Å². The average molecular weight is 388 g/mol. The van der Waals surface area contributed by atoms with Crippen LogP contribution in [-0.2, 0) is 6.54 Å². The van der Waals surface area contributed by atoms with Crippen molar-refractivity contribution in [3.8, 4) is 0 Å². The van der Waals surface area contributed by atoms with E-state index in [1.165, 1.54) is 5.56 Å². The predicted molar refractivity (Wildman–Crippen MR) is 114 cm³/mol. The van der Waals surface area contributed by atoms with Gasteiger partial charge in [-0.2, -0.15) is 0 Å². The molecule has 27 heavy (non-hydrogen) atoms. The summed E-state index contributed by atoms with van der Waals surface area (Å²) < 4.78 is 0. The van der Waals surface area contributed by atoms with Gasteiger partial charge in [-0.05, 0) is 55.6 Å². The van der Waals surface area contributed by atoms with Gasteiger partial charge in [-0.25, -0.2) is 0 Å². The molecule has 4 nitrogen and oxygen atoms in total. The Morgan fingerprint density at radius 1 is 1.11 bits per heavy atom. The molecular formula is C22H30ClN3O. The minimum Gasteiger partial charge on any atom is -0.399 e. The van der Waals surface area contributed by atoms with E-state index in [0.717, 1.165) is 56.7 Å². The predicted octanol–water partition coefficient (Wildman–Crippen LogP) is 4.21. The highest BCUT2D eigenvalue weighted by molar-refractivity contribution is 5.94.